The Balaban J connectivity index is 2.04. The average Bonchev–Trinajstić information content (AvgIpc) is 2.42. The molecule has 1 aliphatic heterocycles. The fourth-order valence-corrected chi connectivity index (χ4v) is 2.56. The van der Waals surface area contributed by atoms with Crippen molar-refractivity contribution in [1.82, 2.24) is 0 Å². The normalized spacial score (nSPS) is 21.4. The largest absolute Gasteiger partial charge is 0.383 e. The third-order valence-corrected chi connectivity index (χ3v) is 3.71. The summed E-state index contributed by atoms with van der Waals surface area (Å²) in [5.74, 6) is -1.55. The molecule has 0 saturated heterocycles. The maximum absolute atomic E-state index is 13.7. The van der Waals surface area contributed by atoms with Crippen molar-refractivity contribution in [2.45, 2.75) is 31.2 Å². The highest BCUT2D eigenvalue weighted by Gasteiger charge is 2.39. The number of fused-ring (bicyclic) bond motifs is 1. The van der Waals surface area contributed by atoms with Gasteiger partial charge in [0.25, 0.3) is 0 Å². The number of anilines is 2. The number of hydrogen-bond donors (Lipinski definition) is 2. The molecule has 2 aliphatic rings. The standard InChI is InChI=1S/C12H14F2N2/c13-8-2-3-9-11(10(8)14)16-12(4-1-5-12)6-7-15-9/h2-3,15-16H,1,4-7H2. The molecule has 0 atom stereocenters. The molecule has 1 fully saturated rings. The van der Waals surface area contributed by atoms with Gasteiger partial charge in [-0.2, -0.15) is 0 Å². The molecule has 1 aromatic rings. The highest BCUT2D eigenvalue weighted by molar-refractivity contribution is 5.71. The summed E-state index contributed by atoms with van der Waals surface area (Å²) in [4.78, 5) is 0. The van der Waals surface area contributed by atoms with Gasteiger partial charge in [0.15, 0.2) is 11.6 Å². The summed E-state index contributed by atoms with van der Waals surface area (Å²) >= 11 is 0. The Bertz CT molecular complexity index is 427. The molecule has 1 aromatic carbocycles. The minimum atomic E-state index is -0.788. The predicted molar refractivity (Wildman–Crippen MR) is 59.7 cm³/mol. The summed E-state index contributed by atoms with van der Waals surface area (Å²) in [5, 5.41) is 6.35. The summed E-state index contributed by atoms with van der Waals surface area (Å²) in [5.41, 5.74) is 0.965. The molecule has 3 rings (SSSR count). The molecular weight excluding hydrogens is 210 g/mol. The predicted octanol–water partition coefficient (Wildman–Crippen LogP) is 3.12. The molecule has 0 amide bonds. The molecule has 16 heavy (non-hydrogen) atoms. The van der Waals surface area contributed by atoms with Crippen LogP contribution in [0.1, 0.15) is 25.7 Å². The van der Waals surface area contributed by atoms with E-state index in [2.05, 4.69) is 10.6 Å². The second-order valence-electron chi connectivity index (χ2n) is 4.72. The van der Waals surface area contributed by atoms with Gasteiger partial charge in [-0.3, -0.25) is 0 Å². The lowest BCUT2D eigenvalue weighted by molar-refractivity contribution is 0.267. The van der Waals surface area contributed by atoms with E-state index in [1.807, 2.05) is 0 Å². The van der Waals surface area contributed by atoms with E-state index in [1.165, 1.54) is 12.5 Å². The molecule has 0 bridgehead atoms. The van der Waals surface area contributed by atoms with Crippen LogP contribution in [0.25, 0.3) is 0 Å². The highest BCUT2D eigenvalue weighted by Crippen LogP contribution is 2.42. The zero-order chi connectivity index (χ0) is 11.2. The van der Waals surface area contributed by atoms with Gasteiger partial charge in [0.05, 0.1) is 11.4 Å². The quantitative estimate of drug-likeness (QED) is 0.707. The first-order valence-electron chi connectivity index (χ1n) is 5.70. The van der Waals surface area contributed by atoms with Crippen molar-refractivity contribution >= 4 is 11.4 Å². The molecule has 1 heterocycles. The second kappa shape index (κ2) is 3.34. The van der Waals surface area contributed by atoms with E-state index >= 15 is 0 Å². The van der Waals surface area contributed by atoms with E-state index in [0.717, 1.165) is 25.8 Å². The van der Waals surface area contributed by atoms with Crippen LogP contribution in [-0.2, 0) is 0 Å². The number of benzene rings is 1. The summed E-state index contributed by atoms with van der Waals surface area (Å²) in [6, 6.07) is 2.76. The zero-order valence-corrected chi connectivity index (χ0v) is 8.95. The van der Waals surface area contributed by atoms with Crippen molar-refractivity contribution < 1.29 is 8.78 Å². The third kappa shape index (κ3) is 1.36. The second-order valence-corrected chi connectivity index (χ2v) is 4.72. The van der Waals surface area contributed by atoms with Gasteiger partial charge >= 0.3 is 0 Å². The van der Waals surface area contributed by atoms with Crippen LogP contribution in [0.5, 0.6) is 0 Å². The SMILES string of the molecule is Fc1ccc2c(c1F)NC1(CCC1)CCN2. The van der Waals surface area contributed by atoms with Crippen molar-refractivity contribution in [2.75, 3.05) is 17.2 Å². The number of nitrogens with one attached hydrogen (secondary N) is 2. The molecular formula is C12H14F2N2. The minimum absolute atomic E-state index is 0.00706. The van der Waals surface area contributed by atoms with Gasteiger partial charge in [0.1, 0.15) is 0 Å². The van der Waals surface area contributed by atoms with Crippen LogP contribution in [0.2, 0.25) is 0 Å². The Kier molecular flexibility index (Phi) is 2.06. The Hall–Kier alpha value is -1.32. The Morgan fingerprint density at radius 1 is 1.12 bits per heavy atom. The van der Waals surface area contributed by atoms with Crippen LogP contribution in [0.4, 0.5) is 20.2 Å². The van der Waals surface area contributed by atoms with Gasteiger partial charge in [-0.15, -0.1) is 0 Å². The average molecular weight is 224 g/mol. The Morgan fingerprint density at radius 2 is 1.94 bits per heavy atom. The van der Waals surface area contributed by atoms with Crippen molar-refractivity contribution in [3.63, 3.8) is 0 Å². The maximum atomic E-state index is 13.7. The zero-order valence-electron chi connectivity index (χ0n) is 8.95. The van der Waals surface area contributed by atoms with Crippen LogP contribution in [0.15, 0.2) is 12.1 Å². The van der Waals surface area contributed by atoms with Crippen molar-refractivity contribution in [3.8, 4) is 0 Å². The first-order valence-corrected chi connectivity index (χ1v) is 5.70. The lowest BCUT2D eigenvalue weighted by Gasteiger charge is -2.42. The summed E-state index contributed by atoms with van der Waals surface area (Å²) in [6.07, 6.45) is 4.22. The lowest BCUT2D eigenvalue weighted by Crippen LogP contribution is -2.45. The van der Waals surface area contributed by atoms with Gasteiger partial charge in [-0.25, -0.2) is 8.78 Å². The van der Waals surface area contributed by atoms with E-state index in [-0.39, 0.29) is 5.54 Å². The van der Waals surface area contributed by atoms with E-state index in [0.29, 0.717) is 11.4 Å². The van der Waals surface area contributed by atoms with E-state index in [1.54, 1.807) is 6.07 Å². The van der Waals surface area contributed by atoms with E-state index in [9.17, 15) is 8.78 Å². The molecule has 2 nitrogen and oxygen atoms in total. The van der Waals surface area contributed by atoms with E-state index < -0.39 is 11.6 Å². The van der Waals surface area contributed by atoms with Crippen LogP contribution in [-0.4, -0.2) is 12.1 Å². The monoisotopic (exact) mass is 224 g/mol. The maximum Gasteiger partial charge on any atom is 0.184 e. The minimum Gasteiger partial charge on any atom is -0.383 e. The molecule has 86 valence electrons. The number of hydrogen-bond acceptors (Lipinski definition) is 2. The van der Waals surface area contributed by atoms with Crippen molar-refractivity contribution in [3.05, 3.63) is 23.8 Å². The first-order chi connectivity index (χ1) is 7.70. The topological polar surface area (TPSA) is 24.1 Å². The van der Waals surface area contributed by atoms with Crippen LogP contribution >= 0.6 is 0 Å². The van der Waals surface area contributed by atoms with Gasteiger partial charge < -0.3 is 10.6 Å². The van der Waals surface area contributed by atoms with Gasteiger partial charge in [-0.05, 0) is 37.8 Å². The van der Waals surface area contributed by atoms with Gasteiger partial charge in [0, 0.05) is 12.1 Å². The van der Waals surface area contributed by atoms with E-state index in [4.69, 9.17) is 0 Å². The number of rotatable bonds is 0. The lowest BCUT2D eigenvalue weighted by atomic mass is 9.74. The molecule has 4 heteroatoms. The van der Waals surface area contributed by atoms with Crippen LogP contribution in [0, 0.1) is 11.6 Å². The molecule has 0 radical (unpaired) electrons. The molecule has 0 aromatic heterocycles. The Labute approximate surface area is 93.0 Å². The Morgan fingerprint density at radius 3 is 2.62 bits per heavy atom. The van der Waals surface area contributed by atoms with Gasteiger partial charge in [-0.1, -0.05) is 0 Å². The fraction of sp³-hybridized carbons (Fsp3) is 0.500. The fourth-order valence-electron chi connectivity index (χ4n) is 2.56. The van der Waals surface area contributed by atoms with Crippen molar-refractivity contribution in [2.24, 2.45) is 0 Å². The summed E-state index contributed by atoms with van der Waals surface area (Å²) < 4.78 is 26.9. The van der Waals surface area contributed by atoms with Crippen LogP contribution in [0.3, 0.4) is 0 Å². The first kappa shape index (κ1) is 9.87. The number of halogens is 2. The van der Waals surface area contributed by atoms with Gasteiger partial charge in [0.2, 0.25) is 0 Å². The summed E-state index contributed by atoms with van der Waals surface area (Å²) in [7, 11) is 0. The molecule has 1 saturated carbocycles. The highest BCUT2D eigenvalue weighted by atomic mass is 19.2. The van der Waals surface area contributed by atoms with Crippen LogP contribution < -0.4 is 10.6 Å². The third-order valence-electron chi connectivity index (χ3n) is 3.71. The van der Waals surface area contributed by atoms with Crippen molar-refractivity contribution in [1.29, 1.82) is 0 Å². The summed E-state index contributed by atoms with van der Waals surface area (Å²) in [6.45, 7) is 0.811. The molecule has 0 unspecified atom stereocenters. The smallest absolute Gasteiger partial charge is 0.184 e. The molecule has 1 aliphatic carbocycles. The molecule has 2 N–H and O–H groups in total. The molecule has 1 spiro atoms.